The normalized spacial score (nSPS) is 17.8. The predicted octanol–water partition coefficient (Wildman–Crippen LogP) is 3.36. The van der Waals surface area contributed by atoms with Gasteiger partial charge in [0, 0.05) is 30.8 Å². The lowest BCUT2D eigenvalue weighted by atomic mass is 9.97. The van der Waals surface area contributed by atoms with E-state index in [0.717, 1.165) is 17.6 Å². The summed E-state index contributed by atoms with van der Waals surface area (Å²) in [5.41, 5.74) is 2.40. The number of hydrogen-bond donors (Lipinski definition) is 1. The van der Waals surface area contributed by atoms with Gasteiger partial charge in [-0.25, -0.2) is 14.4 Å². The molecule has 2 atom stereocenters. The SMILES string of the molecule is Cc1cnc(C(=O)N[C@H](c2nc3cc(F)ccc3n2C(C)C)[C@H]2CCOC2)cn1. The zero-order chi connectivity index (χ0) is 20.5. The van der Waals surface area contributed by atoms with Crippen molar-refractivity contribution in [2.75, 3.05) is 13.2 Å². The highest BCUT2D eigenvalue weighted by Gasteiger charge is 2.33. The van der Waals surface area contributed by atoms with Gasteiger partial charge in [0.25, 0.3) is 5.91 Å². The topological polar surface area (TPSA) is 81.9 Å². The minimum atomic E-state index is -0.383. The van der Waals surface area contributed by atoms with Crippen LogP contribution in [0.15, 0.2) is 30.6 Å². The van der Waals surface area contributed by atoms with Crippen LogP contribution in [-0.2, 0) is 4.74 Å². The molecule has 3 heterocycles. The Kier molecular flexibility index (Phi) is 5.27. The molecule has 7 nitrogen and oxygen atoms in total. The van der Waals surface area contributed by atoms with Gasteiger partial charge in [-0.15, -0.1) is 0 Å². The van der Waals surface area contributed by atoms with Gasteiger partial charge in [0.2, 0.25) is 0 Å². The third kappa shape index (κ3) is 3.85. The van der Waals surface area contributed by atoms with Crippen molar-refractivity contribution in [2.24, 2.45) is 5.92 Å². The second-order valence-electron chi connectivity index (χ2n) is 7.68. The Morgan fingerprint density at radius 2 is 2.14 bits per heavy atom. The minimum Gasteiger partial charge on any atom is -0.381 e. The molecule has 0 saturated carbocycles. The number of aromatic nitrogens is 4. The predicted molar refractivity (Wildman–Crippen MR) is 106 cm³/mol. The van der Waals surface area contributed by atoms with E-state index in [1.807, 2.05) is 20.8 Å². The molecule has 1 N–H and O–H groups in total. The number of aryl methyl sites for hydroxylation is 1. The average molecular weight is 397 g/mol. The Hall–Kier alpha value is -2.87. The molecule has 152 valence electrons. The summed E-state index contributed by atoms with van der Waals surface area (Å²) >= 11 is 0. The summed E-state index contributed by atoms with van der Waals surface area (Å²) in [6, 6.07) is 4.29. The fourth-order valence-electron chi connectivity index (χ4n) is 3.79. The summed E-state index contributed by atoms with van der Waals surface area (Å²) in [5, 5.41) is 3.08. The number of nitrogens with zero attached hydrogens (tertiary/aromatic N) is 4. The molecule has 0 radical (unpaired) electrons. The van der Waals surface area contributed by atoms with E-state index >= 15 is 0 Å². The number of rotatable bonds is 5. The van der Waals surface area contributed by atoms with Crippen LogP contribution in [-0.4, -0.2) is 38.6 Å². The molecule has 1 aliphatic rings. The van der Waals surface area contributed by atoms with Gasteiger partial charge in [0.1, 0.15) is 17.3 Å². The Labute approximate surface area is 168 Å². The Morgan fingerprint density at radius 3 is 2.79 bits per heavy atom. The van der Waals surface area contributed by atoms with Gasteiger partial charge < -0.3 is 14.6 Å². The monoisotopic (exact) mass is 397 g/mol. The van der Waals surface area contributed by atoms with Gasteiger partial charge in [-0.3, -0.25) is 9.78 Å². The summed E-state index contributed by atoms with van der Waals surface area (Å²) < 4.78 is 21.4. The van der Waals surface area contributed by atoms with Crippen molar-refractivity contribution < 1.29 is 13.9 Å². The summed E-state index contributed by atoms with van der Waals surface area (Å²) in [4.78, 5) is 26.0. The lowest BCUT2D eigenvalue weighted by Gasteiger charge is -2.25. The van der Waals surface area contributed by atoms with Crippen LogP contribution in [0.5, 0.6) is 0 Å². The Balaban J connectivity index is 1.76. The van der Waals surface area contributed by atoms with Crippen LogP contribution >= 0.6 is 0 Å². The number of imidazole rings is 1. The van der Waals surface area contributed by atoms with E-state index in [1.165, 1.54) is 18.3 Å². The largest absolute Gasteiger partial charge is 0.381 e. The second kappa shape index (κ2) is 7.87. The first kappa shape index (κ1) is 19.4. The third-order valence-electron chi connectivity index (χ3n) is 5.21. The van der Waals surface area contributed by atoms with E-state index in [9.17, 15) is 9.18 Å². The summed E-state index contributed by atoms with van der Waals surface area (Å²) in [6.07, 6.45) is 3.84. The van der Waals surface area contributed by atoms with Crippen LogP contribution in [0.4, 0.5) is 4.39 Å². The number of hydrogen-bond acceptors (Lipinski definition) is 5. The highest BCUT2D eigenvalue weighted by Crippen LogP contribution is 2.33. The van der Waals surface area contributed by atoms with Gasteiger partial charge in [0.15, 0.2) is 0 Å². The van der Waals surface area contributed by atoms with Crippen molar-refractivity contribution in [1.82, 2.24) is 24.8 Å². The maximum Gasteiger partial charge on any atom is 0.272 e. The number of fused-ring (bicyclic) bond motifs is 1. The Bertz CT molecular complexity index is 1030. The standard InChI is InChI=1S/C21H24FN5O2/c1-12(2)27-18-5-4-15(22)8-16(18)25-20(27)19(14-6-7-29-11-14)26-21(28)17-10-23-13(3)9-24-17/h4-5,8-10,12,14,19H,6-7,11H2,1-3H3,(H,26,28)/t14-,19-/m0/s1. The van der Waals surface area contributed by atoms with Gasteiger partial charge in [-0.2, -0.15) is 0 Å². The molecule has 29 heavy (non-hydrogen) atoms. The van der Waals surface area contributed by atoms with Gasteiger partial charge in [0.05, 0.1) is 35.6 Å². The molecule has 8 heteroatoms. The molecule has 1 aromatic carbocycles. The van der Waals surface area contributed by atoms with E-state index in [2.05, 4.69) is 19.9 Å². The van der Waals surface area contributed by atoms with Crippen LogP contribution in [0.2, 0.25) is 0 Å². The highest BCUT2D eigenvalue weighted by atomic mass is 19.1. The number of carbonyl (C=O) groups excluding carboxylic acids is 1. The zero-order valence-corrected chi connectivity index (χ0v) is 16.7. The van der Waals surface area contributed by atoms with Crippen molar-refractivity contribution in [3.8, 4) is 0 Å². The molecule has 4 rings (SSSR count). The van der Waals surface area contributed by atoms with E-state index in [1.54, 1.807) is 12.3 Å². The molecular weight excluding hydrogens is 373 g/mol. The molecule has 0 aliphatic carbocycles. The lowest BCUT2D eigenvalue weighted by Crippen LogP contribution is -2.36. The summed E-state index contributed by atoms with van der Waals surface area (Å²) in [5.74, 6) is 0.112. The smallest absolute Gasteiger partial charge is 0.272 e. The quantitative estimate of drug-likeness (QED) is 0.714. The zero-order valence-electron chi connectivity index (χ0n) is 16.7. The van der Waals surface area contributed by atoms with Crippen molar-refractivity contribution >= 4 is 16.9 Å². The molecule has 2 aromatic heterocycles. The number of benzene rings is 1. The maximum absolute atomic E-state index is 13.8. The molecule has 0 bridgehead atoms. The number of amides is 1. The first-order valence-electron chi connectivity index (χ1n) is 9.78. The molecule has 0 unspecified atom stereocenters. The molecule has 1 fully saturated rings. The number of ether oxygens (including phenoxy) is 1. The maximum atomic E-state index is 13.8. The van der Waals surface area contributed by atoms with Gasteiger partial charge >= 0.3 is 0 Å². The van der Waals surface area contributed by atoms with Crippen LogP contribution in [0.1, 0.15) is 54.4 Å². The molecule has 1 saturated heterocycles. The van der Waals surface area contributed by atoms with Crippen molar-refractivity contribution in [3.63, 3.8) is 0 Å². The van der Waals surface area contributed by atoms with Crippen LogP contribution < -0.4 is 5.32 Å². The van der Waals surface area contributed by atoms with Crippen molar-refractivity contribution in [3.05, 3.63) is 53.6 Å². The molecule has 1 amide bonds. The van der Waals surface area contributed by atoms with Crippen LogP contribution in [0.25, 0.3) is 11.0 Å². The van der Waals surface area contributed by atoms with E-state index in [0.29, 0.717) is 24.6 Å². The van der Waals surface area contributed by atoms with Crippen molar-refractivity contribution in [1.29, 1.82) is 0 Å². The molecule has 0 spiro atoms. The Morgan fingerprint density at radius 1 is 1.31 bits per heavy atom. The minimum absolute atomic E-state index is 0.0662. The number of nitrogens with one attached hydrogen (secondary N) is 1. The second-order valence-corrected chi connectivity index (χ2v) is 7.68. The third-order valence-corrected chi connectivity index (χ3v) is 5.21. The highest BCUT2D eigenvalue weighted by molar-refractivity contribution is 5.92. The van der Waals surface area contributed by atoms with Crippen LogP contribution in [0, 0.1) is 18.7 Å². The first-order valence-corrected chi connectivity index (χ1v) is 9.78. The van der Waals surface area contributed by atoms with E-state index in [-0.39, 0.29) is 35.4 Å². The summed E-state index contributed by atoms with van der Waals surface area (Å²) in [6.45, 7) is 7.07. The van der Waals surface area contributed by atoms with Crippen LogP contribution in [0.3, 0.4) is 0 Å². The molecule has 1 aliphatic heterocycles. The summed E-state index contributed by atoms with van der Waals surface area (Å²) in [7, 11) is 0. The fourth-order valence-corrected chi connectivity index (χ4v) is 3.79. The molecule has 3 aromatic rings. The van der Waals surface area contributed by atoms with Gasteiger partial charge in [-0.05, 0) is 39.3 Å². The first-order chi connectivity index (χ1) is 13.9. The van der Waals surface area contributed by atoms with Gasteiger partial charge in [-0.1, -0.05) is 0 Å². The van der Waals surface area contributed by atoms with E-state index in [4.69, 9.17) is 9.72 Å². The lowest BCUT2D eigenvalue weighted by molar-refractivity contribution is 0.0905. The average Bonchev–Trinajstić information content (AvgIpc) is 3.34. The fraction of sp³-hybridized carbons (Fsp3) is 0.429. The molecular formula is C21H24FN5O2. The van der Waals surface area contributed by atoms with E-state index < -0.39 is 0 Å². The number of carbonyl (C=O) groups is 1. The number of halogens is 1. The van der Waals surface area contributed by atoms with Crippen molar-refractivity contribution in [2.45, 2.75) is 39.3 Å².